The SMILES string of the molecule is Cc1ccoc1C1=NNC(=CN2CCOC(Cn3cccn3)C2)O1. The molecule has 2 aliphatic rings. The van der Waals surface area contributed by atoms with Crippen molar-refractivity contribution in [2.75, 3.05) is 19.7 Å². The number of furan rings is 1. The van der Waals surface area contributed by atoms with E-state index in [0.29, 0.717) is 24.1 Å². The summed E-state index contributed by atoms with van der Waals surface area (Å²) in [6.45, 7) is 4.92. The van der Waals surface area contributed by atoms with Gasteiger partial charge in [0.2, 0.25) is 5.88 Å². The third kappa shape index (κ3) is 3.13. The molecular formula is C16H19N5O3. The molecule has 2 aliphatic heterocycles. The van der Waals surface area contributed by atoms with Crippen molar-refractivity contribution in [1.82, 2.24) is 20.1 Å². The van der Waals surface area contributed by atoms with E-state index in [1.807, 2.05) is 36.1 Å². The molecule has 126 valence electrons. The van der Waals surface area contributed by atoms with Gasteiger partial charge in [-0.3, -0.25) is 4.68 Å². The molecule has 1 unspecified atom stereocenters. The van der Waals surface area contributed by atoms with Gasteiger partial charge in [0, 0.05) is 31.0 Å². The Hall–Kier alpha value is -2.74. The van der Waals surface area contributed by atoms with E-state index in [-0.39, 0.29) is 6.10 Å². The fourth-order valence-corrected chi connectivity index (χ4v) is 2.75. The smallest absolute Gasteiger partial charge is 0.281 e. The molecule has 0 amide bonds. The summed E-state index contributed by atoms with van der Waals surface area (Å²) in [5.41, 5.74) is 3.89. The number of hydrogen-bond acceptors (Lipinski definition) is 7. The number of rotatable bonds is 4. The zero-order valence-electron chi connectivity index (χ0n) is 13.4. The lowest BCUT2D eigenvalue weighted by Gasteiger charge is -2.32. The molecule has 8 heteroatoms. The molecule has 4 heterocycles. The molecule has 1 fully saturated rings. The second-order valence-electron chi connectivity index (χ2n) is 5.77. The number of nitrogens with zero attached hydrogens (tertiary/aromatic N) is 4. The number of hydrogen-bond donors (Lipinski definition) is 1. The minimum atomic E-state index is 0.0876. The third-order valence-electron chi connectivity index (χ3n) is 3.95. The quantitative estimate of drug-likeness (QED) is 0.910. The molecule has 4 rings (SSSR count). The van der Waals surface area contributed by atoms with Crippen molar-refractivity contribution in [2.45, 2.75) is 19.6 Å². The predicted octanol–water partition coefficient (Wildman–Crippen LogP) is 1.27. The van der Waals surface area contributed by atoms with E-state index in [1.54, 1.807) is 12.5 Å². The Morgan fingerprint density at radius 1 is 1.46 bits per heavy atom. The molecule has 1 atom stereocenters. The lowest BCUT2D eigenvalue weighted by molar-refractivity contribution is -0.0233. The van der Waals surface area contributed by atoms with Gasteiger partial charge >= 0.3 is 0 Å². The van der Waals surface area contributed by atoms with Gasteiger partial charge < -0.3 is 18.8 Å². The van der Waals surface area contributed by atoms with Crippen molar-refractivity contribution < 1.29 is 13.9 Å². The van der Waals surface area contributed by atoms with Crippen molar-refractivity contribution >= 4 is 5.90 Å². The van der Waals surface area contributed by atoms with Gasteiger partial charge in [-0.1, -0.05) is 0 Å². The highest BCUT2D eigenvalue weighted by Crippen LogP contribution is 2.17. The molecule has 8 nitrogen and oxygen atoms in total. The molecule has 24 heavy (non-hydrogen) atoms. The van der Waals surface area contributed by atoms with E-state index in [4.69, 9.17) is 13.9 Å². The fraction of sp³-hybridized carbons (Fsp3) is 0.375. The summed E-state index contributed by atoms with van der Waals surface area (Å²) in [5.74, 6) is 1.68. The summed E-state index contributed by atoms with van der Waals surface area (Å²) < 4.78 is 18.8. The third-order valence-corrected chi connectivity index (χ3v) is 3.95. The van der Waals surface area contributed by atoms with Crippen molar-refractivity contribution in [3.05, 3.63) is 54.2 Å². The van der Waals surface area contributed by atoms with Crippen LogP contribution in [0.1, 0.15) is 11.3 Å². The van der Waals surface area contributed by atoms with E-state index >= 15 is 0 Å². The standard InChI is InChI=1S/C16H19N5O3/c1-12-3-7-23-15(12)16-19-18-14(24-16)11-20-6-8-22-13(9-20)10-21-5-2-4-17-21/h2-5,7,11,13,18H,6,8-10H2,1H3. The molecule has 1 N–H and O–H groups in total. The average Bonchev–Trinajstić information content (AvgIpc) is 3.30. The van der Waals surface area contributed by atoms with E-state index < -0.39 is 0 Å². The lowest BCUT2D eigenvalue weighted by Crippen LogP contribution is -2.42. The zero-order chi connectivity index (χ0) is 16.4. The van der Waals surface area contributed by atoms with Crippen LogP contribution in [0.4, 0.5) is 0 Å². The van der Waals surface area contributed by atoms with Crippen LogP contribution in [-0.2, 0) is 16.0 Å². The van der Waals surface area contributed by atoms with Crippen LogP contribution < -0.4 is 5.43 Å². The molecule has 0 saturated carbocycles. The summed E-state index contributed by atoms with van der Waals surface area (Å²) in [7, 11) is 0. The van der Waals surface area contributed by atoms with E-state index in [1.165, 1.54) is 0 Å². The summed E-state index contributed by atoms with van der Waals surface area (Å²) in [5, 5.41) is 8.40. The molecule has 1 saturated heterocycles. The van der Waals surface area contributed by atoms with Crippen molar-refractivity contribution in [1.29, 1.82) is 0 Å². The van der Waals surface area contributed by atoms with Crippen LogP contribution in [-0.4, -0.2) is 46.4 Å². The van der Waals surface area contributed by atoms with Gasteiger partial charge in [-0.25, -0.2) is 5.43 Å². The van der Waals surface area contributed by atoms with Gasteiger partial charge in [-0.2, -0.15) is 5.10 Å². The van der Waals surface area contributed by atoms with Crippen molar-refractivity contribution in [2.24, 2.45) is 5.10 Å². The lowest BCUT2D eigenvalue weighted by atomic mass is 10.3. The number of hydrazone groups is 1. The number of aryl methyl sites for hydroxylation is 1. The Kier molecular flexibility index (Phi) is 3.96. The maximum atomic E-state index is 5.81. The van der Waals surface area contributed by atoms with Crippen LogP contribution in [0.5, 0.6) is 0 Å². The Morgan fingerprint density at radius 3 is 3.21 bits per heavy atom. The summed E-state index contributed by atoms with van der Waals surface area (Å²) in [6, 6.07) is 3.79. The second kappa shape index (κ2) is 6.40. The van der Waals surface area contributed by atoms with Gasteiger partial charge in [-0.15, -0.1) is 5.10 Å². The number of morpholine rings is 1. The van der Waals surface area contributed by atoms with Crippen LogP contribution in [0.15, 0.2) is 52.4 Å². The van der Waals surface area contributed by atoms with E-state index in [9.17, 15) is 0 Å². The van der Waals surface area contributed by atoms with Crippen LogP contribution in [0.2, 0.25) is 0 Å². The first-order valence-corrected chi connectivity index (χ1v) is 7.89. The van der Waals surface area contributed by atoms with Crippen LogP contribution in [0.3, 0.4) is 0 Å². The highest BCUT2D eigenvalue weighted by Gasteiger charge is 2.23. The number of nitrogens with one attached hydrogen (secondary N) is 1. The van der Waals surface area contributed by atoms with Crippen LogP contribution in [0, 0.1) is 6.92 Å². The maximum absolute atomic E-state index is 5.81. The Morgan fingerprint density at radius 2 is 2.42 bits per heavy atom. The summed E-state index contributed by atoms with van der Waals surface area (Å²) in [4.78, 5) is 2.16. The normalized spacial score (nSPS) is 22.4. The minimum absolute atomic E-state index is 0.0876. The average molecular weight is 329 g/mol. The Balaban J connectivity index is 1.37. The molecule has 0 aromatic carbocycles. The molecule has 0 spiro atoms. The molecule has 0 aliphatic carbocycles. The molecule has 2 aromatic heterocycles. The molecular weight excluding hydrogens is 310 g/mol. The largest absolute Gasteiger partial charge is 0.459 e. The van der Waals surface area contributed by atoms with Gasteiger partial charge in [0.25, 0.3) is 5.90 Å². The number of ether oxygens (including phenoxy) is 2. The molecule has 0 radical (unpaired) electrons. The monoisotopic (exact) mass is 329 g/mol. The molecule has 2 aromatic rings. The highest BCUT2D eigenvalue weighted by molar-refractivity contribution is 5.94. The zero-order valence-corrected chi connectivity index (χ0v) is 13.4. The van der Waals surface area contributed by atoms with Gasteiger partial charge in [0.05, 0.1) is 31.7 Å². The first kappa shape index (κ1) is 14.8. The van der Waals surface area contributed by atoms with Gasteiger partial charge in [-0.05, 0) is 19.1 Å². The maximum Gasteiger partial charge on any atom is 0.281 e. The van der Waals surface area contributed by atoms with Crippen molar-refractivity contribution in [3.8, 4) is 0 Å². The highest BCUT2D eigenvalue weighted by atomic mass is 16.5. The fourth-order valence-electron chi connectivity index (χ4n) is 2.75. The van der Waals surface area contributed by atoms with Crippen molar-refractivity contribution in [3.63, 3.8) is 0 Å². The Labute approximate surface area is 139 Å². The minimum Gasteiger partial charge on any atom is -0.459 e. The predicted molar refractivity (Wildman–Crippen MR) is 85.8 cm³/mol. The van der Waals surface area contributed by atoms with Gasteiger partial charge in [0.1, 0.15) is 0 Å². The summed E-state index contributed by atoms with van der Waals surface area (Å²) in [6.07, 6.45) is 7.35. The topological polar surface area (TPSA) is 77.0 Å². The van der Waals surface area contributed by atoms with Crippen LogP contribution in [0.25, 0.3) is 0 Å². The van der Waals surface area contributed by atoms with E-state index in [0.717, 1.165) is 25.2 Å². The van der Waals surface area contributed by atoms with Crippen LogP contribution >= 0.6 is 0 Å². The first-order valence-electron chi connectivity index (χ1n) is 7.89. The first-order chi connectivity index (χ1) is 11.8. The van der Waals surface area contributed by atoms with E-state index in [2.05, 4.69) is 20.5 Å². The summed E-state index contributed by atoms with van der Waals surface area (Å²) >= 11 is 0. The Bertz CT molecular complexity index is 750. The second-order valence-corrected chi connectivity index (χ2v) is 5.77. The molecule has 0 bridgehead atoms. The van der Waals surface area contributed by atoms with Gasteiger partial charge in [0.15, 0.2) is 5.76 Å². The number of aromatic nitrogens is 2.